The summed E-state index contributed by atoms with van der Waals surface area (Å²) < 4.78 is 7.49. The van der Waals surface area contributed by atoms with Gasteiger partial charge in [-0.15, -0.1) is 32.9 Å². The second-order valence-corrected chi connectivity index (χ2v) is 12.8. The third-order valence-electron chi connectivity index (χ3n) is 7.02. The number of rotatable bonds is 11. The highest BCUT2D eigenvalue weighted by molar-refractivity contribution is 7.99. The van der Waals surface area contributed by atoms with Crippen LogP contribution < -0.4 is 10.1 Å². The highest BCUT2D eigenvalue weighted by Crippen LogP contribution is 2.35. The molecule has 1 unspecified atom stereocenters. The van der Waals surface area contributed by atoms with E-state index in [4.69, 9.17) is 9.84 Å². The fourth-order valence-electron chi connectivity index (χ4n) is 4.85. The minimum absolute atomic E-state index is 0.111. The number of nitrogens with zero attached hydrogens (tertiary/aromatic N) is 5. The molecular weight excluding hydrogens is 613 g/mol. The Labute approximate surface area is 267 Å². The van der Waals surface area contributed by atoms with Gasteiger partial charge in [-0.1, -0.05) is 53.7 Å². The molecule has 0 spiro atoms. The average Bonchev–Trinajstić information content (AvgIpc) is 3.86. The highest BCUT2D eigenvalue weighted by Gasteiger charge is 2.33. The standard InChI is InChI=1S/C32H30N6O3S3/c1-3-41-24-14-12-23(13-15-24)37-29(19-33-31(40)28-7-5-17-43-28)34-35-32(37)44-20-30(39)38-26(22-10-8-21(2)9-11-22)18-25(36-38)27-6-4-16-42-27/h4-17,26H,3,18-20H2,1-2H3,(H,33,40). The van der Waals surface area contributed by atoms with Gasteiger partial charge in [-0.05, 0) is 66.6 Å². The molecule has 2 aromatic carbocycles. The molecular formula is C32H30N6O3S3. The molecule has 44 heavy (non-hydrogen) atoms. The van der Waals surface area contributed by atoms with Gasteiger partial charge < -0.3 is 10.1 Å². The van der Waals surface area contributed by atoms with Gasteiger partial charge in [0.15, 0.2) is 11.0 Å². The summed E-state index contributed by atoms with van der Waals surface area (Å²) in [6, 6.07) is 23.3. The Morgan fingerprint density at radius 2 is 1.77 bits per heavy atom. The van der Waals surface area contributed by atoms with Gasteiger partial charge in [-0.2, -0.15) is 5.10 Å². The third-order valence-corrected chi connectivity index (χ3v) is 9.72. The van der Waals surface area contributed by atoms with Gasteiger partial charge >= 0.3 is 0 Å². The molecule has 224 valence electrons. The van der Waals surface area contributed by atoms with Gasteiger partial charge in [0.05, 0.1) is 40.4 Å². The summed E-state index contributed by atoms with van der Waals surface area (Å²) in [7, 11) is 0. The van der Waals surface area contributed by atoms with Crippen LogP contribution in [0.1, 0.15) is 50.9 Å². The number of carbonyl (C=O) groups excluding carboxylic acids is 2. The largest absolute Gasteiger partial charge is 0.494 e. The Morgan fingerprint density at radius 1 is 1.00 bits per heavy atom. The van der Waals surface area contributed by atoms with Crippen LogP contribution in [-0.4, -0.2) is 49.7 Å². The van der Waals surface area contributed by atoms with Crippen LogP contribution in [0.5, 0.6) is 5.75 Å². The number of hydrogen-bond donors (Lipinski definition) is 1. The molecule has 5 aromatic rings. The van der Waals surface area contributed by atoms with E-state index >= 15 is 0 Å². The molecule has 6 rings (SSSR count). The summed E-state index contributed by atoms with van der Waals surface area (Å²) >= 11 is 4.29. The first-order valence-corrected chi connectivity index (χ1v) is 16.9. The van der Waals surface area contributed by atoms with E-state index < -0.39 is 0 Å². The van der Waals surface area contributed by atoms with Crippen molar-refractivity contribution < 1.29 is 14.3 Å². The quantitative estimate of drug-likeness (QED) is 0.165. The summed E-state index contributed by atoms with van der Waals surface area (Å²) in [4.78, 5) is 28.1. The lowest BCUT2D eigenvalue weighted by Crippen LogP contribution is -2.28. The normalized spacial score (nSPS) is 14.5. The zero-order valence-electron chi connectivity index (χ0n) is 24.2. The van der Waals surface area contributed by atoms with Crippen LogP contribution in [0.25, 0.3) is 5.69 Å². The maximum atomic E-state index is 13.8. The van der Waals surface area contributed by atoms with Gasteiger partial charge in [-0.25, -0.2) is 5.01 Å². The molecule has 1 aliphatic rings. The molecule has 3 aromatic heterocycles. The number of benzene rings is 2. The third kappa shape index (κ3) is 6.62. The lowest BCUT2D eigenvalue weighted by molar-refractivity contribution is -0.130. The number of thioether (sulfide) groups is 1. The zero-order valence-corrected chi connectivity index (χ0v) is 26.6. The fourth-order valence-corrected chi connectivity index (χ4v) is 7.04. The van der Waals surface area contributed by atoms with E-state index in [0.717, 1.165) is 33.2 Å². The minimum atomic E-state index is -0.187. The van der Waals surface area contributed by atoms with E-state index in [1.165, 1.54) is 23.1 Å². The molecule has 0 saturated heterocycles. The summed E-state index contributed by atoms with van der Waals surface area (Å²) in [6.45, 7) is 4.71. The number of ether oxygens (including phenoxy) is 1. The Kier molecular flexibility index (Phi) is 9.20. The minimum Gasteiger partial charge on any atom is -0.494 e. The average molecular weight is 643 g/mol. The Balaban J connectivity index is 1.24. The Morgan fingerprint density at radius 3 is 2.48 bits per heavy atom. The maximum Gasteiger partial charge on any atom is 0.261 e. The van der Waals surface area contributed by atoms with Crippen molar-refractivity contribution in [2.24, 2.45) is 5.10 Å². The van der Waals surface area contributed by atoms with Crippen LogP contribution in [0.3, 0.4) is 0 Å². The van der Waals surface area contributed by atoms with Crippen LogP contribution >= 0.6 is 34.4 Å². The first kappa shape index (κ1) is 29.8. The number of hydrazone groups is 1. The number of nitrogens with one attached hydrogen (secondary N) is 1. The van der Waals surface area contributed by atoms with Crippen molar-refractivity contribution in [2.45, 2.75) is 38.0 Å². The molecule has 1 aliphatic heterocycles. The highest BCUT2D eigenvalue weighted by atomic mass is 32.2. The lowest BCUT2D eigenvalue weighted by Gasteiger charge is -2.22. The molecule has 0 bridgehead atoms. The van der Waals surface area contributed by atoms with Crippen LogP contribution in [0, 0.1) is 6.92 Å². The number of aryl methyl sites for hydroxylation is 1. The second-order valence-electron chi connectivity index (χ2n) is 10.0. The SMILES string of the molecule is CCOc1ccc(-n2c(CNC(=O)c3cccs3)nnc2SCC(=O)N2N=C(c3cccs3)CC2c2ccc(C)cc2)cc1. The summed E-state index contributed by atoms with van der Waals surface area (Å²) in [6.07, 6.45) is 0.649. The zero-order chi connectivity index (χ0) is 30.5. The number of aromatic nitrogens is 3. The molecule has 2 amide bonds. The lowest BCUT2D eigenvalue weighted by atomic mass is 10.00. The van der Waals surface area contributed by atoms with E-state index in [1.54, 1.807) is 22.4 Å². The Hall–Kier alpha value is -4.26. The molecule has 0 fully saturated rings. The van der Waals surface area contributed by atoms with Gasteiger partial charge in [0.25, 0.3) is 11.8 Å². The smallest absolute Gasteiger partial charge is 0.261 e. The molecule has 1 N–H and O–H groups in total. The monoisotopic (exact) mass is 642 g/mol. The van der Waals surface area contributed by atoms with Crippen molar-refractivity contribution in [3.63, 3.8) is 0 Å². The molecule has 1 atom stereocenters. The van der Waals surface area contributed by atoms with Crippen LogP contribution in [0.15, 0.2) is 93.8 Å². The fraction of sp³-hybridized carbons (Fsp3) is 0.219. The number of amides is 2. The van der Waals surface area contributed by atoms with Crippen LogP contribution in [-0.2, 0) is 11.3 Å². The van der Waals surface area contributed by atoms with Gasteiger partial charge in [-0.3, -0.25) is 14.2 Å². The van der Waals surface area contributed by atoms with Crippen molar-refractivity contribution in [1.82, 2.24) is 25.1 Å². The van der Waals surface area contributed by atoms with Gasteiger partial charge in [0.1, 0.15) is 5.75 Å². The van der Waals surface area contributed by atoms with Crippen molar-refractivity contribution >= 4 is 52.0 Å². The topological polar surface area (TPSA) is 102 Å². The number of hydrogen-bond acceptors (Lipinski definition) is 9. The summed E-state index contributed by atoms with van der Waals surface area (Å²) in [5, 5.41) is 22.6. The van der Waals surface area contributed by atoms with Crippen molar-refractivity contribution in [3.05, 3.63) is 110 Å². The maximum absolute atomic E-state index is 13.8. The molecule has 9 nitrogen and oxygen atoms in total. The van der Waals surface area contributed by atoms with Crippen molar-refractivity contribution in [1.29, 1.82) is 0 Å². The first-order valence-electron chi connectivity index (χ1n) is 14.1. The van der Waals surface area contributed by atoms with Crippen LogP contribution in [0.4, 0.5) is 0 Å². The van der Waals surface area contributed by atoms with E-state index in [9.17, 15) is 9.59 Å². The summed E-state index contributed by atoms with van der Waals surface area (Å²) in [5.41, 5.74) is 3.91. The van der Waals surface area contributed by atoms with Gasteiger partial charge in [0, 0.05) is 12.1 Å². The van der Waals surface area contributed by atoms with Crippen LogP contribution in [0.2, 0.25) is 0 Å². The van der Waals surface area contributed by atoms with Crippen molar-refractivity contribution in [2.75, 3.05) is 12.4 Å². The van der Waals surface area contributed by atoms with Gasteiger partial charge in [0.2, 0.25) is 0 Å². The van der Waals surface area contributed by atoms with E-state index in [-0.39, 0.29) is 30.2 Å². The van der Waals surface area contributed by atoms with E-state index in [1.807, 2.05) is 71.6 Å². The van der Waals surface area contributed by atoms with Crippen molar-refractivity contribution in [3.8, 4) is 11.4 Å². The van der Waals surface area contributed by atoms with E-state index in [0.29, 0.717) is 28.9 Å². The molecule has 0 aliphatic carbocycles. The number of carbonyl (C=O) groups is 2. The predicted octanol–water partition coefficient (Wildman–Crippen LogP) is 6.50. The van der Waals surface area contributed by atoms with E-state index in [2.05, 4.69) is 39.8 Å². The Bertz CT molecular complexity index is 1750. The summed E-state index contributed by atoms with van der Waals surface area (Å²) in [5.74, 6) is 1.10. The molecule has 12 heteroatoms. The molecule has 4 heterocycles. The second kappa shape index (κ2) is 13.6. The first-order chi connectivity index (χ1) is 21.5. The molecule has 0 radical (unpaired) electrons. The number of thiophene rings is 2. The predicted molar refractivity (Wildman–Crippen MR) is 175 cm³/mol. The molecule has 0 saturated carbocycles.